The molecule has 1 heterocycles. The molecule has 0 bridgehead atoms. The standard InChI is InChI=1S/C24H15Cl2F3N2O3S/c1-34-19-5-3-2-4-17(19)30-20-21(35-15-9-7-14(25)8-10-15)23(33)31(22(20)32)18-12-13(24(27,28)29)6-11-16(18)26/h2-12,30H,1H3. The molecule has 0 fully saturated rings. The molecule has 5 nitrogen and oxygen atoms in total. The van der Waals surface area contributed by atoms with Crippen molar-refractivity contribution in [3.05, 3.63) is 92.9 Å². The van der Waals surface area contributed by atoms with Gasteiger partial charge in [0.1, 0.15) is 16.4 Å². The van der Waals surface area contributed by atoms with E-state index < -0.39 is 23.6 Å². The lowest BCUT2D eigenvalue weighted by Gasteiger charge is -2.19. The molecule has 0 aromatic heterocycles. The number of amides is 2. The van der Waals surface area contributed by atoms with Crippen molar-refractivity contribution >= 4 is 58.2 Å². The van der Waals surface area contributed by atoms with Crippen LogP contribution in [0, 0.1) is 0 Å². The van der Waals surface area contributed by atoms with Gasteiger partial charge >= 0.3 is 6.18 Å². The van der Waals surface area contributed by atoms with E-state index >= 15 is 0 Å². The summed E-state index contributed by atoms with van der Waals surface area (Å²) in [5.74, 6) is -1.29. The second-order valence-corrected chi connectivity index (χ2v) is 9.12. The molecule has 2 amide bonds. The van der Waals surface area contributed by atoms with E-state index in [1.165, 1.54) is 7.11 Å². The van der Waals surface area contributed by atoms with Gasteiger partial charge in [0.05, 0.1) is 29.1 Å². The van der Waals surface area contributed by atoms with Crippen molar-refractivity contribution in [2.45, 2.75) is 11.1 Å². The van der Waals surface area contributed by atoms with Crippen molar-refractivity contribution in [3.63, 3.8) is 0 Å². The zero-order valence-electron chi connectivity index (χ0n) is 17.8. The van der Waals surface area contributed by atoms with Gasteiger partial charge in [0.25, 0.3) is 11.8 Å². The largest absolute Gasteiger partial charge is 0.495 e. The number of carbonyl (C=O) groups is 2. The molecule has 0 saturated heterocycles. The summed E-state index contributed by atoms with van der Waals surface area (Å²) in [5, 5.41) is 3.20. The number of methoxy groups -OCH3 is 1. The molecule has 0 aliphatic carbocycles. The zero-order valence-corrected chi connectivity index (χ0v) is 20.1. The van der Waals surface area contributed by atoms with E-state index in [4.69, 9.17) is 27.9 Å². The van der Waals surface area contributed by atoms with Crippen molar-refractivity contribution in [2.75, 3.05) is 17.3 Å². The van der Waals surface area contributed by atoms with Gasteiger partial charge in [0.15, 0.2) is 0 Å². The highest BCUT2D eigenvalue weighted by Gasteiger charge is 2.42. The summed E-state index contributed by atoms with van der Waals surface area (Å²) in [6, 6.07) is 15.7. The second kappa shape index (κ2) is 9.85. The van der Waals surface area contributed by atoms with Crippen LogP contribution in [0.25, 0.3) is 0 Å². The average molecular weight is 539 g/mol. The average Bonchev–Trinajstić information content (AvgIpc) is 3.04. The molecule has 35 heavy (non-hydrogen) atoms. The van der Waals surface area contributed by atoms with Crippen LogP contribution in [0.3, 0.4) is 0 Å². The van der Waals surface area contributed by atoms with Crippen molar-refractivity contribution < 1.29 is 27.5 Å². The molecular formula is C24H15Cl2F3N2O3S. The maximum atomic E-state index is 13.5. The van der Waals surface area contributed by atoms with Crippen molar-refractivity contribution in [3.8, 4) is 5.75 Å². The lowest BCUT2D eigenvalue weighted by Crippen LogP contribution is -2.33. The maximum Gasteiger partial charge on any atom is 0.416 e. The molecule has 0 atom stereocenters. The van der Waals surface area contributed by atoms with Crippen LogP contribution < -0.4 is 15.0 Å². The van der Waals surface area contributed by atoms with E-state index in [1.54, 1.807) is 48.5 Å². The Morgan fingerprint density at radius 3 is 2.29 bits per heavy atom. The highest BCUT2D eigenvalue weighted by molar-refractivity contribution is 8.04. The molecule has 1 N–H and O–H groups in total. The Bertz CT molecular complexity index is 1340. The summed E-state index contributed by atoms with van der Waals surface area (Å²) in [6.07, 6.45) is -4.70. The third-order valence-electron chi connectivity index (χ3n) is 4.96. The number of alkyl halides is 3. The molecule has 180 valence electrons. The Kier molecular flexibility index (Phi) is 7.02. The maximum absolute atomic E-state index is 13.5. The molecule has 3 aromatic carbocycles. The van der Waals surface area contributed by atoms with E-state index in [1.807, 2.05) is 0 Å². The Labute approximate surface area is 212 Å². The number of carbonyl (C=O) groups excluding carboxylic acids is 2. The number of thioether (sulfide) groups is 1. The summed E-state index contributed by atoms with van der Waals surface area (Å²) in [4.78, 5) is 28.1. The molecule has 4 rings (SSSR count). The van der Waals surface area contributed by atoms with Gasteiger partial charge in [-0.15, -0.1) is 0 Å². The normalized spacial score (nSPS) is 14.1. The van der Waals surface area contributed by atoms with Gasteiger partial charge in [-0.2, -0.15) is 13.2 Å². The van der Waals surface area contributed by atoms with Crippen LogP contribution >= 0.6 is 35.0 Å². The number of anilines is 2. The topological polar surface area (TPSA) is 58.6 Å². The molecular weight excluding hydrogens is 524 g/mol. The summed E-state index contributed by atoms with van der Waals surface area (Å²) < 4.78 is 45.3. The summed E-state index contributed by atoms with van der Waals surface area (Å²) in [6.45, 7) is 0. The lowest BCUT2D eigenvalue weighted by molar-refractivity contribution is -0.137. The number of hydrogen-bond donors (Lipinski definition) is 1. The Morgan fingerprint density at radius 2 is 1.63 bits per heavy atom. The predicted octanol–water partition coefficient (Wildman–Crippen LogP) is 7.01. The molecule has 0 radical (unpaired) electrons. The smallest absolute Gasteiger partial charge is 0.416 e. The molecule has 0 unspecified atom stereocenters. The van der Waals surface area contributed by atoms with E-state index in [9.17, 15) is 22.8 Å². The first kappa shape index (κ1) is 25.0. The molecule has 11 heteroatoms. The number of benzene rings is 3. The number of nitrogens with one attached hydrogen (secondary N) is 1. The number of rotatable bonds is 6. The summed E-state index contributed by atoms with van der Waals surface area (Å²) in [7, 11) is 1.44. The van der Waals surface area contributed by atoms with Crippen LogP contribution in [0.1, 0.15) is 5.56 Å². The van der Waals surface area contributed by atoms with Crippen LogP contribution in [-0.4, -0.2) is 18.9 Å². The van der Waals surface area contributed by atoms with Crippen LogP contribution in [0.2, 0.25) is 10.0 Å². The Morgan fingerprint density at radius 1 is 0.943 bits per heavy atom. The summed E-state index contributed by atoms with van der Waals surface area (Å²) >= 11 is 13.0. The fourth-order valence-electron chi connectivity index (χ4n) is 3.30. The van der Waals surface area contributed by atoms with Crippen LogP contribution in [-0.2, 0) is 15.8 Å². The van der Waals surface area contributed by atoms with E-state index in [-0.39, 0.29) is 21.3 Å². The van der Waals surface area contributed by atoms with Crippen LogP contribution in [0.15, 0.2) is 82.2 Å². The van der Waals surface area contributed by atoms with E-state index in [0.717, 1.165) is 23.9 Å². The SMILES string of the molecule is COc1ccccc1NC1=C(Sc2ccc(Cl)cc2)C(=O)N(c2cc(C(F)(F)F)ccc2Cl)C1=O. The fourth-order valence-corrected chi connectivity index (χ4v) is 4.55. The number of imide groups is 1. The minimum Gasteiger partial charge on any atom is -0.495 e. The van der Waals surface area contributed by atoms with Crippen LogP contribution in [0.5, 0.6) is 5.75 Å². The first-order valence-electron chi connectivity index (χ1n) is 9.93. The van der Waals surface area contributed by atoms with Crippen molar-refractivity contribution in [2.24, 2.45) is 0 Å². The van der Waals surface area contributed by atoms with Gasteiger partial charge in [0.2, 0.25) is 0 Å². The van der Waals surface area contributed by atoms with Crippen molar-refractivity contribution in [1.82, 2.24) is 0 Å². The molecule has 0 spiro atoms. The highest BCUT2D eigenvalue weighted by Crippen LogP contribution is 2.42. The molecule has 3 aromatic rings. The first-order chi connectivity index (χ1) is 16.6. The fraction of sp³-hybridized carbons (Fsp3) is 0.0833. The van der Waals surface area contributed by atoms with Gasteiger partial charge in [-0.05, 0) is 54.6 Å². The second-order valence-electron chi connectivity index (χ2n) is 7.20. The van der Waals surface area contributed by atoms with E-state index in [2.05, 4.69) is 5.32 Å². The predicted molar refractivity (Wildman–Crippen MR) is 130 cm³/mol. The van der Waals surface area contributed by atoms with Gasteiger partial charge in [-0.3, -0.25) is 9.59 Å². The number of para-hydroxylation sites is 2. The number of hydrogen-bond acceptors (Lipinski definition) is 5. The molecule has 1 aliphatic heterocycles. The number of halogens is 5. The molecule has 0 saturated carbocycles. The minimum absolute atomic E-state index is 0.0308. The third-order valence-corrected chi connectivity index (χ3v) is 6.62. The number of ether oxygens (including phenoxy) is 1. The summed E-state index contributed by atoms with van der Waals surface area (Å²) in [5.41, 5.74) is -1.16. The minimum atomic E-state index is -4.70. The van der Waals surface area contributed by atoms with Crippen LogP contribution in [0.4, 0.5) is 24.5 Å². The van der Waals surface area contributed by atoms with Gasteiger partial charge in [-0.1, -0.05) is 47.1 Å². The monoisotopic (exact) mass is 538 g/mol. The lowest BCUT2D eigenvalue weighted by atomic mass is 10.2. The Hall–Kier alpha value is -3.14. The van der Waals surface area contributed by atoms with E-state index in [0.29, 0.717) is 32.3 Å². The third kappa shape index (κ3) is 5.12. The molecule has 1 aliphatic rings. The van der Waals surface area contributed by atoms with Gasteiger partial charge in [0, 0.05) is 9.92 Å². The number of nitrogens with zero attached hydrogens (tertiary/aromatic N) is 1. The highest BCUT2D eigenvalue weighted by atomic mass is 35.5. The first-order valence-corrected chi connectivity index (χ1v) is 11.5. The quantitative estimate of drug-likeness (QED) is 0.342. The zero-order chi connectivity index (χ0) is 25.3. The Balaban J connectivity index is 1.81. The van der Waals surface area contributed by atoms with Gasteiger partial charge < -0.3 is 10.1 Å². The van der Waals surface area contributed by atoms with Gasteiger partial charge in [-0.25, -0.2) is 4.90 Å². The van der Waals surface area contributed by atoms with Crippen molar-refractivity contribution in [1.29, 1.82) is 0 Å².